The quantitative estimate of drug-likeness (QED) is 0.715. The molecule has 0 bridgehead atoms. The van der Waals surface area contributed by atoms with Crippen LogP contribution in [0.1, 0.15) is 38.7 Å². The van der Waals surface area contributed by atoms with Crippen LogP contribution in [-0.4, -0.2) is 48.9 Å². The molecule has 0 unspecified atom stereocenters. The SMILES string of the molecule is CCOC(=O)C1CCN(CC(=O)Nc2cccc(NC(=O)CC)c2C)CC1. The summed E-state index contributed by atoms with van der Waals surface area (Å²) in [7, 11) is 0. The summed E-state index contributed by atoms with van der Waals surface area (Å²) in [5.74, 6) is -0.369. The molecular formula is C20H29N3O4. The molecular weight excluding hydrogens is 346 g/mol. The van der Waals surface area contributed by atoms with Crippen LogP contribution < -0.4 is 10.6 Å². The van der Waals surface area contributed by atoms with Crippen LogP contribution in [0.4, 0.5) is 11.4 Å². The van der Waals surface area contributed by atoms with Crippen molar-refractivity contribution in [2.75, 3.05) is 36.9 Å². The molecule has 1 aromatic carbocycles. The maximum Gasteiger partial charge on any atom is 0.309 e. The molecule has 1 aliphatic heterocycles. The second kappa shape index (κ2) is 10.1. The summed E-state index contributed by atoms with van der Waals surface area (Å²) in [5.41, 5.74) is 2.22. The van der Waals surface area contributed by atoms with Crippen LogP contribution >= 0.6 is 0 Å². The lowest BCUT2D eigenvalue weighted by atomic mass is 9.97. The Morgan fingerprint density at radius 3 is 2.22 bits per heavy atom. The summed E-state index contributed by atoms with van der Waals surface area (Å²) in [6.45, 7) is 7.54. The predicted octanol–water partition coefficient (Wildman–Crippen LogP) is 2.56. The predicted molar refractivity (Wildman–Crippen MR) is 105 cm³/mol. The van der Waals surface area contributed by atoms with Gasteiger partial charge in [0.05, 0.1) is 19.1 Å². The smallest absolute Gasteiger partial charge is 0.309 e. The van der Waals surface area contributed by atoms with Crippen LogP contribution in [0.2, 0.25) is 0 Å². The number of carbonyl (C=O) groups is 3. The molecule has 1 aromatic rings. The van der Waals surface area contributed by atoms with Crippen molar-refractivity contribution in [3.8, 4) is 0 Å². The molecule has 0 saturated carbocycles. The topological polar surface area (TPSA) is 87.7 Å². The van der Waals surface area contributed by atoms with E-state index in [1.807, 2.05) is 30.9 Å². The number of carbonyl (C=O) groups excluding carboxylic acids is 3. The third-order valence-electron chi connectivity index (χ3n) is 4.78. The maximum atomic E-state index is 12.4. The zero-order valence-electron chi connectivity index (χ0n) is 16.3. The minimum atomic E-state index is -0.136. The highest BCUT2D eigenvalue weighted by atomic mass is 16.5. The molecule has 2 amide bonds. The van der Waals surface area contributed by atoms with Gasteiger partial charge in [0, 0.05) is 17.8 Å². The van der Waals surface area contributed by atoms with Crippen molar-refractivity contribution in [1.29, 1.82) is 0 Å². The molecule has 2 N–H and O–H groups in total. The molecule has 148 valence electrons. The molecule has 0 atom stereocenters. The number of nitrogens with one attached hydrogen (secondary N) is 2. The Labute approximate surface area is 160 Å². The van der Waals surface area contributed by atoms with Gasteiger partial charge < -0.3 is 15.4 Å². The summed E-state index contributed by atoms with van der Waals surface area (Å²) in [6, 6.07) is 5.44. The van der Waals surface area contributed by atoms with Crippen LogP contribution in [0, 0.1) is 12.8 Å². The van der Waals surface area contributed by atoms with Crippen molar-refractivity contribution in [2.24, 2.45) is 5.92 Å². The molecule has 1 saturated heterocycles. The summed E-state index contributed by atoms with van der Waals surface area (Å²) in [6.07, 6.45) is 1.82. The number of likely N-dealkylation sites (tertiary alicyclic amines) is 1. The molecule has 1 aliphatic rings. The maximum absolute atomic E-state index is 12.4. The molecule has 1 heterocycles. The van der Waals surface area contributed by atoms with Gasteiger partial charge in [0.1, 0.15) is 0 Å². The highest BCUT2D eigenvalue weighted by Gasteiger charge is 2.26. The summed E-state index contributed by atoms with van der Waals surface area (Å²) in [5, 5.41) is 5.76. The van der Waals surface area contributed by atoms with Gasteiger partial charge in [0.25, 0.3) is 0 Å². The Kier molecular flexibility index (Phi) is 7.79. The average molecular weight is 375 g/mol. The Bertz CT molecular complexity index is 682. The van der Waals surface area contributed by atoms with Gasteiger partial charge in [-0.2, -0.15) is 0 Å². The van der Waals surface area contributed by atoms with Gasteiger partial charge in [-0.15, -0.1) is 0 Å². The van der Waals surface area contributed by atoms with Gasteiger partial charge in [-0.3, -0.25) is 19.3 Å². The van der Waals surface area contributed by atoms with Gasteiger partial charge in [0.15, 0.2) is 0 Å². The fraction of sp³-hybridized carbons (Fsp3) is 0.550. The molecule has 0 spiro atoms. The van der Waals surface area contributed by atoms with Gasteiger partial charge in [-0.05, 0) is 57.5 Å². The molecule has 0 radical (unpaired) electrons. The third-order valence-corrected chi connectivity index (χ3v) is 4.78. The fourth-order valence-corrected chi connectivity index (χ4v) is 3.12. The standard InChI is InChI=1S/C20H29N3O4/c1-4-18(24)21-16-7-6-8-17(14(16)3)22-19(25)13-23-11-9-15(10-12-23)20(26)27-5-2/h6-8,15H,4-5,9-13H2,1-3H3,(H,21,24)(H,22,25). The molecule has 1 fully saturated rings. The molecule has 0 aliphatic carbocycles. The van der Waals surface area contributed by atoms with Gasteiger partial charge in [-0.1, -0.05) is 13.0 Å². The zero-order valence-corrected chi connectivity index (χ0v) is 16.3. The van der Waals surface area contributed by atoms with Gasteiger partial charge in [-0.25, -0.2) is 0 Å². The number of benzene rings is 1. The third kappa shape index (κ3) is 6.06. The fourth-order valence-electron chi connectivity index (χ4n) is 3.12. The van der Waals surface area contributed by atoms with E-state index in [-0.39, 0.29) is 30.2 Å². The number of hydrogen-bond acceptors (Lipinski definition) is 5. The van der Waals surface area contributed by atoms with Gasteiger partial charge >= 0.3 is 5.97 Å². The number of amides is 2. The van der Waals surface area contributed by atoms with Crippen LogP contribution in [0.3, 0.4) is 0 Å². The summed E-state index contributed by atoms with van der Waals surface area (Å²) < 4.78 is 5.07. The van der Waals surface area contributed by atoms with E-state index in [1.165, 1.54) is 0 Å². The average Bonchev–Trinajstić information content (AvgIpc) is 2.65. The Morgan fingerprint density at radius 1 is 1.07 bits per heavy atom. The highest BCUT2D eigenvalue weighted by Crippen LogP contribution is 2.24. The number of ether oxygens (including phenoxy) is 1. The van der Waals surface area contributed by atoms with E-state index in [0.29, 0.717) is 50.3 Å². The van der Waals surface area contributed by atoms with Crippen LogP contribution in [0.5, 0.6) is 0 Å². The van der Waals surface area contributed by atoms with Gasteiger partial charge in [0.2, 0.25) is 11.8 Å². The van der Waals surface area contributed by atoms with E-state index in [9.17, 15) is 14.4 Å². The lowest BCUT2D eigenvalue weighted by molar-refractivity contribution is -0.149. The van der Waals surface area contributed by atoms with Crippen molar-refractivity contribution < 1.29 is 19.1 Å². The first-order chi connectivity index (χ1) is 12.9. The number of hydrogen-bond donors (Lipinski definition) is 2. The van der Waals surface area contributed by atoms with E-state index in [4.69, 9.17) is 4.74 Å². The minimum absolute atomic E-state index is 0.0638. The number of esters is 1. The van der Waals surface area contributed by atoms with Crippen molar-refractivity contribution in [3.63, 3.8) is 0 Å². The number of piperidine rings is 1. The summed E-state index contributed by atoms with van der Waals surface area (Å²) >= 11 is 0. The lowest BCUT2D eigenvalue weighted by Gasteiger charge is -2.30. The monoisotopic (exact) mass is 375 g/mol. The van der Waals surface area contributed by atoms with Crippen LogP contribution in [0.25, 0.3) is 0 Å². The van der Waals surface area contributed by atoms with E-state index in [1.54, 1.807) is 13.0 Å². The van der Waals surface area contributed by atoms with Crippen molar-refractivity contribution >= 4 is 29.2 Å². The largest absolute Gasteiger partial charge is 0.466 e. The Balaban J connectivity index is 1.87. The molecule has 7 nitrogen and oxygen atoms in total. The van der Waals surface area contributed by atoms with E-state index in [0.717, 1.165) is 5.56 Å². The molecule has 2 rings (SSSR count). The molecule has 27 heavy (non-hydrogen) atoms. The second-order valence-electron chi connectivity index (χ2n) is 6.73. The number of rotatable bonds is 7. The van der Waals surface area contributed by atoms with E-state index < -0.39 is 0 Å². The number of nitrogens with zero attached hydrogens (tertiary/aromatic N) is 1. The number of anilines is 2. The Morgan fingerprint density at radius 2 is 1.67 bits per heavy atom. The van der Waals surface area contributed by atoms with Crippen LogP contribution in [-0.2, 0) is 19.1 Å². The zero-order chi connectivity index (χ0) is 19.8. The van der Waals surface area contributed by atoms with Crippen molar-refractivity contribution in [1.82, 2.24) is 4.90 Å². The first-order valence-electron chi connectivity index (χ1n) is 9.52. The first kappa shape index (κ1) is 20.9. The van der Waals surface area contributed by atoms with E-state index in [2.05, 4.69) is 10.6 Å². The second-order valence-corrected chi connectivity index (χ2v) is 6.73. The van der Waals surface area contributed by atoms with Crippen LogP contribution in [0.15, 0.2) is 18.2 Å². The lowest BCUT2D eigenvalue weighted by Crippen LogP contribution is -2.41. The van der Waals surface area contributed by atoms with Crippen molar-refractivity contribution in [2.45, 2.75) is 40.0 Å². The first-order valence-corrected chi connectivity index (χ1v) is 9.52. The van der Waals surface area contributed by atoms with Crippen molar-refractivity contribution in [3.05, 3.63) is 23.8 Å². The molecule has 7 heteroatoms. The highest BCUT2D eigenvalue weighted by molar-refractivity contribution is 5.96. The Hall–Kier alpha value is -2.41. The summed E-state index contributed by atoms with van der Waals surface area (Å²) in [4.78, 5) is 37.8. The van der Waals surface area contributed by atoms with E-state index >= 15 is 0 Å². The minimum Gasteiger partial charge on any atom is -0.466 e. The molecule has 0 aromatic heterocycles. The normalized spacial score (nSPS) is 15.2.